The third kappa shape index (κ3) is 4.25. The normalized spacial score (nSPS) is 17.4. The number of hydrogen-bond acceptors (Lipinski definition) is 4. The van der Waals surface area contributed by atoms with E-state index in [1.54, 1.807) is 0 Å². The summed E-state index contributed by atoms with van der Waals surface area (Å²) in [5, 5.41) is 3.83. The van der Waals surface area contributed by atoms with Crippen LogP contribution in [0.4, 0.5) is 5.69 Å². The van der Waals surface area contributed by atoms with Crippen LogP contribution in [0.15, 0.2) is 24.3 Å². The third-order valence-electron chi connectivity index (χ3n) is 3.66. The summed E-state index contributed by atoms with van der Waals surface area (Å²) in [5.74, 6) is 0. The number of carbonyl (C=O) groups is 1. The molecule has 1 aliphatic rings. The summed E-state index contributed by atoms with van der Waals surface area (Å²) in [4.78, 5) is 14.0. The summed E-state index contributed by atoms with van der Waals surface area (Å²) < 4.78 is 0. The van der Waals surface area contributed by atoms with Gasteiger partial charge in [0.2, 0.25) is 0 Å². The van der Waals surface area contributed by atoms with Crippen molar-refractivity contribution in [2.24, 2.45) is 0 Å². The molecule has 1 aliphatic heterocycles. The van der Waals surface area contributed by atoms with E-state index in [9.17, 15) is 4.79 Å². The minimum Gasteiger partial charge on any atom is -0.382 e. The number of rotatable bonds is 4. The van der Waals surface area contributed by atoms with Gasteiger partial charge in [-0.05, 0) is 50.9 Å². The largest absolute Gasteiger partial charge is 0.382 e. The molecule has 1 N–H and O–H groups in total. The minimum atomic E-state index is 0.220. The van der Waals surface area contributed by atoms with Gasteiger partial charge in [0.25, 0.3) is 0 Å². The highest BCUT2D eigenvalue weighted by Crippen LogP contribution is 2.21. The van der Waals surface area contributed by atoms with Gasteiger partial charge < -0.3 is 10.2 Å². The van der Waals surface area contributed by atoms with E-state index in [1.807, 2.05) is 24.5 Å². The lowest BCUT2D eigenvalue weighted by atomic mass is 10.0. The molecule has 0 atom stereocenters. The monoisotopic (exact) mass is 278 g/mol. The maximum absolute atomic E-state index is 11.6. The maximum Gasteiger partial charge on any atom is 0.193 e. The van der Waals surface area contributed by atoms with Crippen LogP contribution in [-0.4, -0.2) is 42.4 Å². The van der Waals surface area contributed by atoms with Crippen molar-refractivity contribution in [1.82, 2.24) is 4.90 Å². The van der Waals surface area contributed by atoms with Gasteiger partial charge in [0.1, 0.15) is 0 Å². The van der Waals surface area contributed by atoms with Gasteiger partial charge in [-0.2, -0.15) is 0 Å². The summed E-state index contributed by atoms with van der Waals surface area (Å²) in [7, 11) is 2.17. The van der Waals surface area contributed by atoms with E-state index < -0.39 is 0 Å². The summed E-state index contributed by atoms with van der Waals surface area (Å²) in [6.07, 6.45) is 4.69. The number of thioether (sulfide) groups is 1. The summed E-state index contributed by atoms with van der Waals surface area (Å²) in [5.41, 5.74) is 2.24. The number of piperidine rings is 1. The topological polar surface area (TPSA) is 32.3 Å². The number of hydrogen-bond donors (Lipinski definition) is 1. The number of likely N-dealkylation sites (tertiary alicyclic amines) is 1. The zero-order valence-corrected chi connectivity index (χ0v) is 12.5. The number of nitrogens with one attached hydrogen (secondary N) is 1. The molecule has 19 heavy (non-hydrogen) atoms. The van der Waals surface area contributed by atoms with Crippen LogP contribution in [0.5, 0.6) is 0 Å². The van der Waals surface area contributed by atoms with Crippen LogP contribution in [0.25, 0.3) is 0 Å². The van der Waals surface area contributed by atoms with Gasteiger partial charge in [0.15, 0.2) is 5.12 Å². The molecule has 1 aromatic rings. The van der Waals surface area contributed by atoms with Crippen molar-refractivity contribution in [1.29, 1.82) is 0 Å². The molecule has 0 bridgehead atoms. The molecule has 0 unspecified atom stereocenters. The van der Waals surface area contributed by atoms with Crippen LogP contribution in [-0.2, 0) is 11.2 Å². The molecule has 1 fully saturated rings. The van der Waals surface area contributed by atoms with Gasteiger partial charge in [-0.3, -0.25) is 4.79 Å². The van der Waals surface area contributed by atoms with Crippen LogP contribution >= 0.6 is 11.8 Å². The van der Waals surface area contributed by atoms with E-state index in [1.165, 1.54) is 24.6 Å². The first-order chi connectivity index (χ1) is 9.19. The third-order valence-corrected chi connectivity index (χ3v) is 4.26. The molecule has 104 valence electrons. The van der Waals surface area contributed by atoms with Gasteiger partial charge in [0.05, 0.1) is 0 Å². The highest BCUT2D eigenvalue weighted by atomic mass is 32.2. The van der Waals surface area contributed by atoms with Gasteiger partial charge in [-0.25, -0.2) is 0 Å². The van der Waals surface area contributed by atoms with Crippen LogP contribution in [0, 0.1) is 0 Å². The number of para-hydroxylation sites is 1. The predicted octanol–water partition coefficient (Wildman–Crippen LogP) is 2.62. The van der Waals surface area contributed by atoms with E-state index in [0.29, 0.717) is 12.5 Å². The molecule has 0 aromatic heterocycles. The fourth-order valence-electron chi connectivity index (χ4n) is 2.42. The number of benzene rings is 1. The number of anilines is 1. The van der Waals surface area contributed by atoms with Crippen LogP contribution < -0.4 is 5.32 Å². The molecule has 1 saturated heterocycles. The average molecular weight is 278 g/mol. The van der Waals surface area contributed by atoms with Crippen LogP contribution in [0.2, 0.25) is 0 Å². The van der Waals surface area contributed by atoms with Crippen molar-refractivity contribution in [3.63, 3.8) is 0 Å². The van der Waals surface area contributed by atoms with Crippen molar-refractivity contribution in [2.75, 3.05) is 31.7 Å². The first-order valence-corrected chi connectivity index (χ1v) is 8.01. The Morgan fingerprint density at radius 1 is 1.37 bits per heavy atom. The van der Waals surface area contributed by atoms with Crippen molar-refractivity contribution in [3.8, 4) is 0 Å². The Balaban J connectivity index is 2.01. The Labute approximate surface area is 119 Å². The van der Waals surface area contributed by atoms with Crippen molar-refractivity contribution >= 4 is 22.6 Å². The smallest absolute Gasteiger partial charge is 0.193 e. The molecule has 0 aliphatic carbocycles. The highest BCUT2D eigenvalue weighted by molar-refractivity contribution is 8.13. The van der Waals surface area contributed by atoms with Gasteiger partial charge in [-0.1, -0.05) is 30.0 Å². The van der Waals surface area contributed by atoms with Crippen molar-refractivity contribution in [2.45, 2.75) is 25.3 Å². The maximum atomic E-state index is 11.6. The zero-order valence-electron chi connectivity index (χ0n) is 11.7. The molecule has 0 spiro atoms. The first kappa shape index (κ1) is 14.4. The molecule has 2 rings (SSSR count). The van der Waals surface area contributed by atoms with E-state index in [4.69, 9.17) is 0 Å². The second kappa shape index (κ2) is 6.96. The van der Waals surface area contributed by atoms with Crippen LogP contribution in [0.3, 0.4) is 0 Å². The molecular formula is C15H22N2OS. The predicted molar refractivity (Wildman–Crippen MR) is 82.8 cm³/mol. The Morgan fingerprint density at radius 2 is 2.05 bits per heavy atom. The van der Waals surface area contributed by atoms with Crippen LogP contribution in [0.1, 0.15) is 18.4 Å². The van der Waals surface area contributed by atoms with E-state index in [0.717, 1.165) is 24.3 Å². The first-order valence-electron chi connectivity index (χ1n) is 6.79. The molecule has 0 radical (unpaired) electrons. The average Bonchev–Trinajstić information content (AvgIpc) is 2.43. The fourth-order valence-corrected chi connectivity index (χ4v) is 2.72. The van der Waals surface area contributed by atoms with Crippen molar-refractivity contribution in [3.05, 3.63) is 29.8 Å². The SMILES string of the molecule is CSC(=O)Cc1ccccc1NC1CCN(C)CC1. The van der Waals surface area contributed by atoms with Crippen molar-refractivity contribution < 1.29 is 4.79 Å². The Hall–Kier alpha value is -1.00. The lowest BCUT2D eigenvalue weighted by molar-refractivity contribution is -0.110. The van der Waals surface area contributed by atoms with E-state index in [2.05, 4.69) is 23.3 Å². The quantitative estimate of drug-likeness (QED) is 0.917. The fraction of sp³-hybridized carbons (Fsp3) is 0.533. The number of carbonyl (C=O) groups excluding carboxylic acids is 1. The Kier molecular flexibility index (Phi) is 5.28. The minimum absolute atomic E-state index is 0.220. The van der Waals surface area contributed by atoms with E-state index >= 15 is 0 Å². The standard InChI is InChI=1S/C15H22N2OS/c1-17-9-7-13(8-10-17)16-14-6-4-3-5-12(14)11-15(18)19-2/h3-6,13,16H,7-11H2,1-2H3. The lowest BCUT2D eigenvalue weighted by Crippen LogP contribution is -2.36. The molecule has 4 heteroatoms. The summed E-state index contributed by atoms with van der Waals surface area (Å²) in [6.45, 7) is 2.28. The van der Waals surface area contributed by atoms with Gasteiger partial charge in [0, 0.05) is 18.2 Å². The molecule has 0 amide bonds. The second-order valence-corrected chi connectivity index (χ2v) is 6.00. The molecular weight excluding hydrogens is 256 g/mol. The molecule has 0 saturated carbocycles. The molecule has 3 nitrogen and oxygen atoms in total. The molecule has 1 heterocycles. The second-order valence-electron chi connectivity index (χ2n) is 5.13. The summed E-state index contributed by atoms with van der Waals surface area (Å²) >= 11 is 1.30. The lowest BCUT2D eigenvalue weighted by Gasteiger charge is -2.30. The Morgan fingerprint density at radius 3 is 2.74 bits per heavy atom. The summed E-state index contributed by atoms with van der Waals surface area (Å²) in [6, 6.07) is 8.70. The Bertz CT molecular complexity index is 428. The van der Waals surface area contributed by atoms with E-state index in [-0.39, 0.29) is 5.12 Å². The zero-order chi connectivity index (χ0) is 13.7. The van der Waals surface area contributed by atoms with Gasteiger partial charge >= 0.3 is 0 Å². The van der Waals surface area contributed by atoms with Gasteiger partial charge in [-0.15, -0.1) is 0 Å². The highest BCUT2D eigenvalue weighted by Gasteiger charge is 2.17. The number of nitrogens with zero attached hydrogens (tertiary/aromatic N) is 1. The molecule has 1 aromatic carbocycles.